The third-order valence-electron chi connectivity index (χ3n) is 3.18. The largest absolute Gasteiger partial charge is 0.382 e. The summed E-state index contributed by atoms with van der Waals surface area (Å²) in [6, 6.07) is 4.73. The van der Waals surface area contributed by atoms with Crippen LogP contribution in [0, 0.1) is 28.9 Å². The second kappa shape index (κ2) is 5.35. The van der Waals surface area contributed by atoms with Crippen molar-refractivity contribution in [3.8, 4) is 6.07 Å². The van der Waals surface area contributed by atoms with Crippen LogP contribution >= 0.6 is 0 Å². The van der Waals surface area contributed by atoms with Gasteiger partial charge in [-0.1, -0.05) is 6.07 Å². The Morgan fingerprint density at radius 1 is 1.50 bits per heavy atom. The molecule has 1 N–H and O–H groups in total. The van der Waals surface area contributed by atoms with Gasteiger partial charge in [0.25, 0.3) is 0 Å². The average molecular weight is 278 g/mol. The third-order valence-corrected chi connectivity index (χ3v) is 3.18. The van der Waals surface area contributed by atoms with Crippen LogP contribution < -0.4 is 0 Å². The first-order valence-electron chi connectivity index (χ1n) is 5.87. The molecular weight excluding hydrogens is 266 g/mol. The maximum Gasteiger partial charge on any atom is 0.137 e. The number of benzene rings is 1. The molecule has 5 nitrogen and oxygen atoms in total. The van der Waals surface area contributed by atoms with E-state index in [1.807, 2.05) is 6.07 Å². The van der Waals surface area contributed by atoms with Gasteiger partial charge in [0, 0.05) is 11.6 Å². The molecule has 2 atom stereocenters. The smallest absolute Gasteiger partial charge is 0.137 e. The summed E-state index contributed by atoms with van der Waals surface area (Å²) in [5.74, 6) is -2.58. The summed E-state index contributed by atoms with van der Waals surface area (Å²) in [5, 5.41) is 23.6. The maximum atomic E-state index is 13.9. The summed E-state index contributed by atoms with van der Waals surface area (Å²) in [6.07, 6.45) is 2.61. The fourth-order valence-corrected chi connectivity index (χ4v) is 1.96. The molecule has 7 heteroatoms. The van der Waals surface area contributed by atoms with Crippen LogP contribution in [0.2, 0.25) is 0 Å². The SMILES string of the molecule is CC(C#N)C(O)(Cn1cncn1)c1ccc(F)cc1F. The molecule has 0 saturated carbocycles. The number of nitrogens with zero attached hydrogens (tertiary/aromatic N) is 4. The molecule has 0 radical (unpaired) electrons. The van der Waals surface area contributed by atoms with Gasteiger partial charge in [-0.3, -0.25) is 0 Å². The van der Waals surface area contributed by atoms with E-state index in [2.05, 4.69) is 10.1 Å². The van der Waals surface area contributed by atoms with E-state index in [0.29, 0.717) is 6.07 Å². The van der Waals surface area contributed by atoms with E-state index in [4.69, 9.17) is 5.26 Å². The average Bonchev–Trinajstić information content (AvgIpc) is 2.90. The molecule has 0 aliphatic carbocycles. The zero-order valence-corrected chi connectivity index (χ0v) is 10.7. The van der Waals surface area contributed by atoms with E-state index in [1.165, 1.54) is 24.3 Å². The zero-order chi connectivity index (χ0) is 14.8. The number of halogens is 2. The van der Waals surface area contributed by atoms with Crippen molar-refractivity contribution in [3.63, 3.8) is 0 Å². The summed E-state index contributed by atoms with van der Waals surface area (Å²) < 4.78 is 28.2. The number of rotatable bonds is 4. The minimum Gasteiger partial charge on any atom is -0.382 e. The Balaban J connectivity index is 2.49. The standard InChI is InChI=1S/C13H12F2N4O/c1-9(5-16)13(20,6-19-8-17-7-18-19)11-3-2-10(14)4-12(11)15/h2-4,7-9,20H,6H2,1H3. The van der Waals surface area contributed by atoms with Crippen LogP contribution in [0.4, 0.5) is 8.78 Å². The number of hydrogen-bond acceptors (Lipinski definition) is 4. The first-order valence-corrected chi connectivity index (χ1v) is 5.87. The van der Waals surface area contributed by atoms with Gasteiger partial charge >= 0.3 is 0 Å². The lowest BCUT2D eigenvalue weighted by Gasteiger charge is -2.31. The molecule has 0 saturated heterocycles. The molecule has 0 aliphatic heterocycles. The molecule has 0 bridgehead atoms. The van der Waals surface area contributed by atoms with Gasteiger partial charge in [0.2, 0.25) is 0 Å². The molecule has 2 rings (SSSR count). The van der Waals surface area contributed by atoms with Gasteiger partial charge in [0.15, 0.2) is 0 Å². The first-order chi connectivity index (χ1) is 9.47. The number of aromatic nitrogens is 3. The molecule has 0 amide bonds. The molecule has 2 unspecified atom stereocenters. The quantitative estimate of drug-likeness (QED) is 0.921. The van der Waals surface area contributed by atoms with Gasteiger partial charge in [-0.25, -0.2) is 18.4 Å². The first kappa shape index (κ1) is 14.1. The topological polar surface area (TPSA) is 74.7 Å². The summed E-state index contributed by atoms with van der Waals surface area (Å²) >= 11 is 0. The van der Waals surface area contributed by atoms with Crippen LogP contribution in [0.25, 0.3) is 0 Å². The number of hydrogen-bond donors (Lipinski definition) is 1. The predicted octanol–water partition coefficient (Wildman–Crippen LogP) is 1.60. The van der Waals surface area contributed by atoms with Crippen molar-refractivity contribution >= 4 is 0 Å². The molecule has 104 valence electrons. The predicted molar refractivity (Wildman–Crippen MR) is 65.1 cm³/mol. The third kappa shape index (κ3) is 2.51. The Morgan fingerprint density at radius 3 is 2.80 bits per heavy atom. The molecule has 1 aromatic heterocycles. The lowest BCUT2D eigenvalue weighted by molar-refractivity contribution is -0.0197. The molecule has 0 fully saturated rings. The molecule has 1 heterocycles. The summed E-state index contributed by atoms with van der Waals surface area (Å²) in [7, 11) is 0. The Labute approximate surface area is 114 Å². The van der Waals surface area contributed by atoms with Gasteiger partial charge in [0.1, 0.15) is 29.9 Å². The number of aliphatic hydroxyl groups is 1. The van der Waals surface area contributed by atoms with Crippen molar-refractivity contribution in [2.45, 2.75) is 19.1 Å². The van der Waals surface area contributed by atoms with Crippen LogP contribution in [0.5, 0.6) is 0 Å². The van der Waals surface area contributed by atoms with Crippen molar-refractivity contribution in [2.24, 2.45) is 5.92 Å². The van der Waals surface area contributed by atoms with Gasteiger partial charge < -0.3 is 5.11 Å². The second-order valence-electron chi connectivity index (χ2n) is 4.49. The monoisotopic (exact) mass is 278 g/mol. The highest BCUT2D eigenvalue weighted by Crippen LogP contribution is 2.33. The van der Waals surface area contributed by atoms with Crippen LogP contribution in [0.1, 0.15) is 12.5 Å². The Kier molecular flexibility index (Phi) is 3.77. The van der Waals surface area contributed by atoms with Crippen molar-refractivity contribution in [3.05, 3.63) is 48.1 Å². The molecule has 2 aromatic rings. The highest BCUT2D eigenvalue weighted by Gasteiger charge is 2.39. The molecule has 1 aromatic carbocycles. The van der Waals surface area contributed by atoms with Crippen LogP contribution in [-0.4, -0.2) is 19.9 Å². The number of nitriles is 1. The van der Waals surface area contributed by atoms with E-state index in [-0.39, 0.29) is 12.1 Å². The minimum absolute atomic E-state index is 0.150. The fourth-order valence-electron chi connectivity index (χ4n) is 1.96. The van der Waals surface area contributed by atoms with Crippen molar-refractivity contribution < 1.29 is 13.9 Å². The molecule has 20 heavy (non-hydrogen) atoms. The van der Waals surface area contributed by atoms with Crippen molar-refractivity contribution in [2.75, 3.05) is 0 Å². The Morgan fingerprint density at radius 2 is 2.25 bits per heavy atom. The molecule has 0 spiro atoms. The van der Waals surface area contributed by atoms with Crippen molar-refractivity contribution in [1.29, 1.82) is 5.26 Å². The van der Waals surface area contributed by atoms with Gasteiger partial charge in [0.05, 0.1) is 18.5 Å². The van der Waals surface area contributed by atoms with Gasteiger partial charge in [-0.15, -0.1) is 0 Å². The van der Waals surface area contributed by atoms with E-state index in [9.17, 15) is 13.9 Å². The van der Waals surface area contributed by atoms with E-state index in [0.717, 1.165) is 12.1 Å². The highest BCUT2D eigenvalue weighted by molar-refractivity contribution is 5.27. The molecule has 0 aliphatic rings. The van der Waals surface area contributed by atoms with Crippen molar-refractivity contribution in [1.82, 2.24) is 14.8 Å². The Bertz CT molecular complexity index is 638. The lowest BCUT2D eigenvalue weighted by atomic mass is 9.82. The minimum atomic E-state index is -1.83. The zero-order valence-electron chi connectivity index (χ0n) is 10.7. The summed E-state index contributed by atoms with van der Waals surface area (Å²) in [5.41, 5.74) is -1.98. The Hall–Kier alpha value is -2.33. The van der Waals surface area contributed by atoms with E-state index in [1.54, 1.807) is 0 Å². The van der Waals surface area contributed by atoms with E-state index >= 15 is 0 Å². The second-order valence-corrected chi connectivity index (χ2v) is 4.49. The maximum absolute atomic E-state index is 13.9. The molecular formula is C13H12F2N4O. The van der Waals surface area contributed by atoms with Crippen LogP contribution in [-0.2, 0) is 12.1 Å². The van der Waals surface area contributed by atoms with Gasteiger partial charge in [-0.2, -0.15) is 10.4 Å². The van der Waals surface area contributed by atoms with Crippen LogP contribution in [0.15, 0.2) is 30.9 Å². The summed E-state index contributed by atoms with van der Waals surface area (Å²) in [6.45, 7) is 1.30. The highest BCUT2D eigenvalue weighted by atomic mass is 19.1. The lowest BCUT2D eigenvalue weighted by Crippen LogP contribution is -2.38. The van der Waals surface area contributed by atoms with Crippen LogP contribution in [0.3, 0.4) is 0 Å². The summed E-state index contributed by atoms with van der Waals surface area (Å²) in [4.78, 5) is 3.73. The van der Waals surface area contributed by atoms with Gasteiger partial charge in [-0.05, 0) is 13.0 Å². The normalized spacial score (nSPS) is 15.3. The fraction of sp³-hybridized carbons (Fsp3) is 0.308. The van der Waals surface area contributed by atoms with E-state index < -0.39 is 23.2 Å².